The zero-order valence-electron chi connectivity index (χ0n) is 29.5. The lowest BCUT2D eigenvalue weighted by Gasteiger charge is -2.43. The van der Waals surface area contributed by atoms with Gasteiger partial charge in [-0.05, 0) is 45.2 Å². The Morgan fingerprint density at radius 3 is 1.94 bits per heavy atom. The van der Waals surface area contributed by atoms with Crippen LogP contribution in [-0.4, -0.2) is 75.4 Å². The Morgan fingerprint density at radius 2 is 1.43 bits per heavy atom. The summed E-state index contributed by atoms with van der Waals surface area (Å²) < 4.78 is 29.8. The summed E-state index contributed by atoms with van der Waals surface area (Å²) in [6, 6.07) is 35.3. The third-order valence-corrected chi connectivity index (χ3v) is 14.1. The molecule has 1 heterocycles. The molecule has 10 nitrogen and oxygen atoms in total. The molecule has 51 heavy (non-hydrogen) atoms. The monoisotopic (exact) mass is 711 g/mol. The first-order valence-corrected chi connectivity index (χ1v) is 18.7. The van der Waals surface area contributed by atoms with E-state index in [0.29, 0.717) is 5.75 Å². The zero-order valence-corrected chi connectivity index (χ0v) is 30.5. The first kappa shape index (κ1) is 37.4. The number of esters is 2. The molecule has 1 fully saturated rings. The highest BCUT2D eigenvalue weighted by molar-refractivity contribution is 6.99. The molecular weight excluding hydrogens is 667 g/mol. The molecule has 0 saturated carbocycles. The third-order valence-electron chi connectivity index (χ3n) is 9.08. The van der Waals surface area contributed by atoms with Gasteiger partial charge in [0.25, 0.3) is 14.2 Å². The van der Waals surface area contributed by atoms with Crippen molar-refractivity contribution in [1.29, 1.82) is 0 Å². The maximum absolute atomic E-state index is 14.0. The molecule has 4 atom stereocenters. The van der Waals surface area contributed by atoms with E-state index in [9.17, 15) is 19.5 Å². The molecular formula is C40H45NO9Si. The van der Waals surface area contributed by atoms with Gasteiger partial charge in [-0.1, -0.05) is 112 Å². The highest BCUT2D eigenvalue weighted by Crippen LogP contribution is 2.38. The van der Waals surface area contributed by atoms with Crippen molar-refractivity contribution in [2.24, 2.45) is 0 Å². The molecule has 0 bridgehead atoms. The molecule has 1 aliphatic heterocycles. The first-order valence-electron chi connectivity index (χ1n) is 16.8. The second-order valence-corrected chi connectivity index (χ2v) is 17.9. The zero-order chi connectivity index (χ0) is 36.6. The first-order chi connectivity index (χ1) is 24.4. The van der Waals surface area contributed by atoms with Crippen molar-refractivity contribution in [2.75, 3.05) is 20.3 Å². The molecule has 2 N–H and O–H groups in total. The number of hydrogen-bond acceptors (Lipinski definition) is 9. The van der Waals surface area contributed by atoms with Gasteiger partial charge in [-0.15, -0.1) is 0 Å². The van der Waals surface area contributed by atoms with Crippen LogP contribution in [0.2, 0.25) is 5.04 Å². The van der Waals surface area contributed by atoms with Gasteiger partial charge in [0.1, 0.15) is 11.9 Å². The highest BCUT2D eigenvalue weighted by Gasteiger charge is 2.63. The fraction of sp³-hybridized carbons (Fsp3) is 0.325. The molecule has 1 amide bonds. The van der Waals surface area contributed by atoms with Gasteiger partial charge in [0.15, 0.2) is 12.2 Å². The SMILES string of the molecule is COc1ccc(COC[C@@]2(NC(=O)c3ccccc3)C(=O)O[C@H]([C@@H](O)CO[Si](c3ccccc3)(c3ccccc3)C(C)(C)C)[C@H]2OC(C)=O)cc1. The average molecular weight is 712 g/mol. The summed E-state index contributed by atoms with van der Waals surface area (Å²) in [5, 5.41) is 16.2. The Labute approximate surface area is 299 Å². The van der Waals surface area contributed by atoms with Crippen LogP contribution < -0.4 is 20.4 Å². The van der Waals surface area contributed by atoms with Crippen LogP contribution in [0.1, 0.15) is 43.6 Å². The minimum Gasteiger partial charge on any atom is -0.497 e. The van der Waals surface area contributed by atoms with Crippen LogP contribution in [-0.2, 0) is 34.8 Å². The molecule has 1 aliphatic rings. The van der Waals surface area contributed by atoms with Gasteiger partial charge >= 0.3 is 11.9 Å². The molecule has 11 heteroatoms. The number of carbonyl (C=O) groups is 3. The Balaban J connectivity index is 1.49. The van der Waals surface area contributed by atoms with E-state index in [1.807, 2.05) is 60.7 Å². The lowest BCUT2D eigenvalue weighted by Crippen LogP contribution is -2.67. The largest absolute Gasteiger partial charge is 0.497 e. The molecule has 0 aliphatic carbocycles. The predicted octanol–water partition coefficient (Wildman–Crippen LogP) is 4.18. The molecule has 4 aromatic rings. The Kier molecular flexibility index (Phi) is 11.8. The summed E-state index contributed by atoms with van der Waals surface area (Å²) >= 11 is 0. The summed E-state index contributed by atoms with van der Waals surface area (Å²) in [5.74, 6) is -1.60. The van der Waals surface area contributed by atoms with Crippen molar-refractivity contribution in [3.8, 4) is 5.75 Å². The van der Waals surface area contributed by atoms with Gasteiger partial charge in [-0.3, -0.25) is 9.59 Å². The fourth-order valence-electron chi connectivity index (χ4n) is 6.60. The van der Waals surface area contributed by atoms with Crippen LogP contribution in [0.5, 0.6) is 5.75 Å². The van der Waals surface area contributed by atoms with E-state index in [4.69, 9.17) is 23.4 Å². The number of aliphatic hydroxyl groups is 1. The fourth-order valence-corrected chi connectivity index (χ4v) is 11.2. The second-order valence-electron chi connectivity index (χ2n) is 13.6. The number of hydrogen-bond donors (Lipinski definition) is 2. The molecule has 0 aromatic heterocycles. The van der Waals surface area contributed by atoms with Crippen LogP contribution in [0.4, 0.5) is 0 Å². The number of rotatable bonds is 14. The minimum atomic E-state index is -3.12. The third kappa shape index (κ3) is 8.07. The molecule has 1 saturated heterocycles. The van der Waals surface area contributed by atoms with E-state index in [1.54, 1.807) is 61.7 Å². The second kappa shape index (κ2) is 16.0. The number of methoxy groups -OCH3 is 1. The number of benzene rings is 4. The van der Waals surface area contributed by atoms with Crippen LogP contribution in [0.15, 0.2) is 115 Å². The summed E-state index contributed by atoms with van der Waals surface area (Å²) in [7, 11) is -1.55. The van der Waals surface area contributed by atoms with Crippen molar-refractivity contribution in [3.63, 3.8) is 0 Å². The maximum atomic E-state index is 14.0. The Morgan fingerprint density at radius 1 is 0.882 bits per heavy atom. The van der Waals surface area contributed by atoms with E-state index in [1.165, 1.54) is 6.92 Å². The standard InChI is InChI=1S/C40H45NO9Si/c1-28(42)49-36-35(34(43)26-48-51(39(2,3)4,32-17-11-7-12-18-32)33-19-13-8-14-20-33)50-38(45)40(36,41-37(44)30-15-9-6-10-16-30)27-47-25-29-21-23-31(46-5)24-22-29/h6-24,34-36,43H,25-27H2,1-5H3,(H,41,44)/t34-,35+,36+,40-/m0/s1. The molecule has 0 radical (unpaired) electrons. The molecule has 0 unspecified atom stereocenters. The van der Waals surface area contributed by atoms with Gasteiger partial charge < -0.3 is 33.8 Å². The number of carbonyl (C=O) groups excluding carboxylic acids is 3. The number of ether oxygens (including phenoxy) is 4. The predicted molar refractivity (Wildman–Crippen MR) is 194 cm³/mol. The summed E-state index contributed by atoms with van der Waals surface area (Å²) in [5.41, 5.74) is -0.972. The van der Waals surface area contributed by atoms with Crippen molar-refractivity contribution in [1.82, 2.24) is 5.32 Å². The van der Waals surface area contributed by atoms with Gasteiger partial charge in [-0.2, -0.15) is 0 Å². The van der Waals surface area contributed by atoms with E-state index in [0.717, 1.165) is 15.9 Å². The lowest BCUT2D eigenvalue weighted by molar-refractivity contribution is -0.158. The maximum Gasteiger partial charge on any atom is 0.338 e. The van der Waals surface area contributed by atoms with E-state index < -0.39 is 61.7 Å². The van der Waals surface area contributed by atoms with Crippen LogP contribution in [0.25, 0.3) is 0 Å². The average Bonchev–Trinajstić information content (AvgIpc) is 3.38. The highest BCUT2D eigenvalue weighted by atomic mass is 28.4. The van der Waals surface area contributed by atoms with Crippen LogP contribution in [0.3, 0.4) is 0 Å². The van der Waals surface area contributed by atoms with Crippen LogP contribution in [0, 0.1) is 0 Å². The Hall–Kier alpha value is -4.81. The number of nitrogens with one attached hydrogen (secondary N) is 1. The topological polar surface area (TPSA) is 130 Å². The molecule has 5 rings (SSSR count). The van der Waals surface area contributed by atoms with Gasteiger partial charge in [0.05, 0.1) is 26.9 Å². The quantitative estimate of drug-likeness (QED) is 0.146. The van der Waals surface area contributed by atoms with E-state index in [-0.39, 0.29) is 18.8 Å². The van der Waals surface area contributed by atoms with Crippen LogP contribution >= 0.6 is 0 Å². The summed E-state index contributed by atoms with van der Waals surface area (Å²) in [6.07, 6.45) is -4.33. The number of aliphatic hydroxyl groups excluding tert-OH is 1. The van der Waals surface area contributed by atoms with E-state index >= 15 is 0 Å². The summed E-state index contributed by atoms with van der Waals surface area (Å²) in [6.45, 7) is 6.86. The lowest BCUT2D eigenvalue weighted by atomic mass is 9.89. The molecule has 0 spiro atoms. The Bertz CT molecular complexity index is 1730. The molecule has 4 aromatic carbocycles. The van der Waals surface area contributed by atoms with Crippen molar-refractivity contribution < 1.29 is 42.9 Å². The van der Waals surface area contributed by atoms with Gasteiger partial charge in [0, 0.05) is 12.5 Å². The number of cyclic esters (lactones) is 1. The summed E-state index contributed by atoms with van der Waals surface area (Å²) in [4.78, 5) is 40.3. The van der Waals surface area contributed by atoms with Crippen molar-refractivity contribution >= 4 is 36.5 Å². The molecule has 268 valence electrons. The smallest absolute Gasteiger partial charge is 0.338 e. The van der Waals surface area contributed by atoms with Gasteiger partial charge in [-0.25, -0.2) is 4.79 Å². The van der Waals surface area contributed by atoms with Crippen molar-refractivity contribution in [2.45, 2.75) is 63.2 Å². The minimum absolute atomic E-state index is 0.0528. The van der Waals surface area contributed by atoms with Crippen molar-refractivity contribution in [3.05, 3.63) is 126 Å². The van der Waals surface area contributed by atoms with Gasteiger partial charge in [0.2, 0.25) is 5.54 Å². The normalized spacial score (nSPS) is 19.5. The number of amides is 1. The van der Waals surface area contributed by atoms with E-state index in [2.05, 4.69) is 26.1 Å².